The Kier molecular flexibility index (Phi) is 7.53. The van der Waals surface area contributed by atoms with Crippen LogP contribution in [-0.4, -0.2) is 32.3 Å². The van der Waals surface area contributed by atoms with Gasteiger partial charge in [0, 0.05) is 17.1 Å². The van der Waals surface area contributed by atoms with Crippen molar-refractivity contribution in [2.45, 2.75) is 33.6 Å². The second-order valence-corrected chi connectivity index (χ2v) is 7.46. The van der Waals surface area contributed by atoms with E-state index < -0.39 is 23.7 Å². The van der Waals surface area contributed by atoms with Crippen molar-refractivity contribution in [3.05, 3.63) is 82.5 Å². The fraction of sp³-hybridized carbons (Fsp3) is 0.308. The predicted molar refractivity (Wildman–Crippen MR) is 123 cm³/mol. The van der Waals surface area contributed by atoms with Crippen LogP contribution in [0, 0.1) is 5.82 Å². The molecular weight excluding hydrogens is 425 g/mol. The van der Waals surface area contributed by atoms with Crippen molar-refractivity contribution in [1.82, 2.24) is 0 Å². The lowest BCUT2D eigenvalue weighted by Gasteiger charge is -2.38. The topological polar surface area (TPSA) is 65.1 Å². The van der Waals surface area contributed by atoms with E-state index in [1.165, 1.54) is 12.1 Å². The molecule has 3 rings (SSSR count). The number of rotatable bonds is 7. The van der Waals surface area contributed by atoms with Crippen LogP contribution in [0.25, 0.3) is 0 Å². The number of halogens is 1. The Morgan fingerprint density at radius 2 is 1.33 bits per heavy atom. The number of carbonyl (C=O) groups excluding carboxylic acids is 2. The summed E-state index contributed by atoms with van der Waals surface area (Å²) in [6.45, 7) is 7.39. The minimum absolute atomic E-state index is 0.172. The third kappa shape index (κ3) is 4.77. The van der Waals surface area contributed by atoms with E-state index in [1.807, 2.05) is 17.0 Å². The molecule has 0 amide bonds. The second kappa shape index (κ2) is 10.3. The van der Waals surface area contributed by atoms with E-state index >= 15 is 0 Å². The van der Waals surface area contributed by atoms with Gasteiger partial charge in [0.1, 0.15) is 11.6 Å². The van der Waals surface area contributed by atoms with E-state index in [0.717, 1.165) is 5.69 Å². The normalized spacial score (nSPS) is 14.4. The monoisotopic (exact) mass is 453 g/mol. The molecule has 6 nitrogen and oxygen atoms in total. The Bertz CT molecular complexity index is 1040. The molecule has 1 aliphatic heterocycles. The van der Waals surface area contributed by atoms with Crippen LogP contribution in [-0.2, 0) is 19.1 Å². The highest BCUT2D eigenvalue weighted by atomic mass is 19.1. The molecule has 1 aliphatic rings. The van der Waals surface area contributed by atoms with Gasteiger partial charge in [0.2, 0.25) is 0 Å². The number of ether oxygens (including phenoxy) is 3. The molecule has 0 fully saturated rings. The lowest BCUT2D eigenvalue weighted by molar-refractivity contribution is -0.139. The van der Waals surface area contributed by atoms with Crippen LogP contribution in [0.4, 0.5) is 10.1 Å². The first kappa shape index (κ1) is 24.0. The van der Waals surface area contributed by atoms with Gasteiger partial charge in [-0.3, -0.25) is 0 Å². The zero-order chi connectivity index (χ0) is 24.1. The standard InChI is InChI=1S/C26H28FNO5/c1-6-32-25(29)22-16(3)28(20-12-14-21(31-5)15-13-20)17(4)23(26(30)33-7-2)24(22)18-8-10-19(27)11-9-18/h8-15,24H,6-7H2,1-5H3. The summed E-state index contributed by atoms with van der Waals surface area (Å²) in [5, 5.41) is 0. The Hall–Kier alpha value is -3.61. The van der Waals surface area contributed by atoms with Gasteiger partial charge >= 0.3 is 11.9 Å². The number of hydrogen-bond acceptors (Lipinski definition) is 6. The zero-order valence-electron chi connectivity index (χ0n) is 19.5. The van der Waals surface area contributed by atoms with E-state index in [9.17, 15) is 14.0 Å². The van der Waals surface area contributed by atoms with Crippen LogP contribution >= 0.6 is 0 Å². The Balaban J connectivity index is 2.29. The van der Waals surface area contributed by atoms with Crippen LogP contribution in [0.15, 0.2) is 71.1 Å². The quantitative estimate of drug-likeness (QED) is 0.543. The number of allylic oxidation sites excluding steroid dienone is 2. The van der Waals surface area contributed by atoms with E-state index in [0.29, 0.717) is 33.9 Å². The average molecular weight is 454 g/mol. The van der Waals surface area contributed by atoms with Gasteiger partial charge in [0.25, 0.3) is 0 Å². The van der Waals surface area contributed by atoms with Crippen LogP contribution in [0.3, 0.4) is 0 Å². The highest BCUT2D eigenvalue weighted by molar-refractivity contribution is 6.01. The summed E-state index contributed by atoms with van der Waals surface area (Å²) in [4.78, 5) is 28.2. The molecule has 174 valence electrons. The van der Waals surface area contributed by atoms with Gasteiger partial charge in [0.05, 0.1) is 37.4 Å². The van der Waals surface area contributed by atoms with E-state index in [2.05, 4.69) is 0 Å². The van der Waals surface area contributed by atoms with Gasteiger partial charge in [-0.05, 0) is 69.7 Å². The highest BCUT2D eigenvalue weighted by Gasteiger charge is 2.41. The molecule has 0 spiro atoms. The van der Waals surface area contributed by atoms with Crippen molar-refractivity contribution in [2.75, 3.05) is 25.2 Å². The summed E-state index contributed by atoms with van der Waals surface area (Å²) >= 11 is 0. The summed E-state index contributed by atoms with van der Waals surface area (Å²) in [5.41, 5.74) is 3.15. The van der Waals surface area contributed by atoms with Crippen molar-refractivity contribution in [3.8, 4) is 5.75 Å². The molecule has 2 aromatic rings. The minimum Gasteiger partial charge on any atom is -0.497 e. The maximum Gasteiger partial charge on any atom is 0.336 e. The lowest BCUT2D eigenvalue weighted by atomic mass is 9.79. The number of anilines is 1. The van der Waals surface area contributed by atoms with Crippen molar-refractivity contribution in [2.24, 2.45) is 0 Å². The number of benzene rings is 2. The van der Waals surface area contributed by atoms with Crippen molar-refractivity contribution in [3.63, 3.8) is 0 Å². The maximum atomic E-state index is 13.7. The number of esters is 2. The van der Waals surface area contributed by atoms with Crippen molar-refractivity contribution >= 4 is 17.6 Å². The smallest absolute Gasteiger partial charge is 0.336 e. The molecule has 0 saturated carbocycles. The first-order chi connectivity index (χ1) is 15.8. The lowest BCUT2D eigenvalue weighted by Crippen LogP contribution is -2.35. The molecule has 1 heterocycles. The van der Waals surface area contributed by atoms with Gasteiger partial charge in [0.15, 0.2) is 0 Å². The predicted octanol–water partition coefficient (Wildman–Crippen LogP) is 5.11. The molecule has 0 atom stereocenters. The molecule has 0 unspecified atom stereocenters. The fourth-order valence-corrected chi connectivity index (χ4v) is 4.11. The molecule has 0 aliphatic carbocycles. The van der Waals surface area contributed by atoms with Gasteiger partial charge in [-0.25, -0.2) is 14.0 Å². The Morgan fingerprint density at radius 1 is 0.848 bits per heavy atom. The highest BCUT2D eigenvalue weighted by Crippen LogP contribution is 2.44. The third-order valence-corrected chi connectivity index (χ3v) is 5.55. The van der Waals surface area contributed by atoms with Crippen LogP contribution in [0.5, 0.6) is 5.75 Å². The van der Waals surface area contributed by atoms with Gasteiger partial charge in [-0.15, -0.1) is 0 Å². The number of carbonyl (C=O) groups is 2. The number of nitrogens with zero attached hydrogens (tertiary/aromatic N) is 1. The molecular formula is C26H28FNO5. The largest absolute Gasteiger partial charge is 0.497 e. The molecule has 2 aromatic carbocycles. The summed E-state index contributed by atoms with van der Waals surface area (Å²) < 4.78 is 29.7. The fourth-order valence-electron chi connectivity index (χ4n) is 4.11. The van der Waals surface area contributed by atoms with Crippen molar-refractivity contribution < 1.29 is 28.2 Å². The van der Waals surface area contributed by atoms with E-state index in [-0.39, 0.29) is 13.2 Å². The van der Waals surface area contributed by atoms with Gasteiger partial charge in [-0.2, -0.15) is 0 Å². The summed E-state index contributed by atoms with van der Waals surface area (Å²) in [6.07, 6.45) is 0. The van der Waals surface area contributed by atoms with Crippen molar-refractivity contribution in [1.29, 1.82) is 0 Å². The van der Waals surface area contributed by atoms with Crippen LogP contribution in [0.1, 0.15) is 39.2 Å². The van der Waals surface area contributed by atoms with E-state index in [4.69, 9.17) is 14.2 Å². The van der Waals surface area contributed by atoms with Crippen LogP contribution < -0.4 is 9.64 Å². The van der Waals surface area contributed by atoms with Gasteiger partial charge < -0.3 is 19.1 Å². The zero-order valence-corrected chi connectivity index (χ0v) is 19.5. The first-order valence-electron chi connectivity index (χ1n) is 10.8. The van der Waals surface area contributed by atoms with Gasteiger partial charge in [-0.1, -0.05) is 12.1 Å². The van der Waals surface area contributed by atoms with E-state index in [1.54, 1.807) is 59.1 Å². The molecule has 0 N–H and O–H groups in total. The Labute approximate surface area is 193 Å². The molecule has 0 saturated heterocycles. The molecule has 0 aromatic heterocycles. The molecule has 0 bridgehead atoms. The van der Waals surface area contributed by atoms with Crippen LogP contribution in [0.2, 0.25) is 0 Å². The summed E-state index contributed by atoms with van der Waals surface area (Å²) in [7, 11) is 1.58. The SMILES string of the molecule is CCOC(=O)C1=C(C)N(c2ccc(OC)cc2)C(C)=C(C(=O)OCC)C1c1ccc(F)cc1. The molecule has 7 heteroatoms. The molecule has 0 radical (unpaired) electrons. The number of methoxy groups -OCH3 is 1. The number of hydrogen-bond donors (Lipinski definition) is 0. The maximum absolute atomic E-state index is 13.7. The first-order valence-corrected chi connectivity index (χ1v) is 10.8. The summed E-state index contributed by atoms with van der Waals surface area (Å²) in [6, 6.07) is 13.0. The minimum atomic E-state index is -0.766. The third-order valence-electron chi connectivity index (χ3n) is 5.55. The summed E-state index contributed by atoms with van der Waals surface area (Å²) in [5.74, 6) is -1.59. The average Bonchev–Trinajstić information content (AvgIpc) is 2.80. The second-order valence-electron chi connectivity index (χ2n) is 7.46. The molecule has 33 heavy (non-hydrogen) atoms. The Morgan fingerprint density at radius 3 is 1.76 bits per heavy atom.